The summed E-state index contributed by atoms with van der Waals surface area (Å²) in [6.07, 6.45) is -4.39. The maximum absolute atomic E-state index is 12.6. The highest BCUT2D eigenvalue weighted by Gasteiger charge is 2.39. The average molecular weight is 497 g/mol. The van der Waals surface area contributed by atoms with Crippen LogP contribution in [0.2, 0.25) is 10.0 Å². The second-order valence-electron chi connectivity index (χ2n) is 6.66. The standard InChI is InChI=1S/C13H13F3N2O3S.C6H4Cl2O/c14-13(15,16)10-1-2-11(9(5-10)6-17)22(21)18-4-3-12(20,7-18)8-19;7-5-2-1-4(9)3-6(5)8/h1-2,5,19-20H,3-4,7-8H2;1-3,9H. The molecule has 2 unspecified atom stereocenters. The first-order chi connectivity index (χ1) is 14.4. The lowest BCUT2D eigenvalue weighted by Gasteiger charge is -2.20. The molecule has 0 radical (unpaired) electrons. The van der Waals surface area contributed by atoms with Crippen LogP contribution in [0.25, 0.3) is 0 Å². The quantitative estimate of drug-likeness (QED) is 0.600. The molecule has 0 saturated carbocycles. The van der Waals surface area contributed by atoms with Crippen LogP contribution in [0.15, 0.2) is 41.3 Å². The Hall–Kier alpha value is -1.87. The third-order valence-corrected chi connectivity index (χ3v) is 6.60. The topological polar surface area (TPSA) is 105 Å². The van der Waals surface area contributed by atoms with E-state index in [-0.39, 0.29) is 35.7 Å². The lowest BCUT2D eigenvalue weighted by Crippen LogP contribution is -2.37. The van der Waals surface area contributed by atoms with Crippen LogP contribution >= 0.6 is 23.2 Å². The number of hydrogen-bond donors (Lipinski definition) is 3. The van der Waals surface area contributed by atoms with Gasteiger partial charge in [-0.3, -0.25) is 0 Å². The molecule has 2 aromatic carbocycles. The van der Waals surface area contributed by atoms with E-state index in [4.69, 9.17) is 38.7 Å². The Labute approximate surface area is 188 Å². The van der Waals surface area contributed by atoms with E-state index in [1.807, 2.05) is 0 Å². The molecule has 0 aliphatic carbocycles. The van der Waals surface area contributed by atoms with Crippen molar-refractivity contribution in [1.29, 1.82) is 5.26 Å². The molecule has 0 aromatic heterocycles. The molecule has 0 bridgehead atoms. The van der Waals surface area contributed by atoms with E-state index in [1.54, 1.807) is 12.1 Å². The van der Waals surface area contributed by atoms with Gasteiger partial charge in [-0.25, -0.2) is 8.51 Å². The van der Waals surface area contributed by atoms with E-state index in [2.05, 4.69) is 0 Å². The normalized spacial score (nSPS) is 19.9. The number of aliphatic hydroxyl groups is 2. The third-order valence-electron chi connectivity index (χ3n) is 4.34. The summed E-state index contributed by atoms with van der Waals surface area (Å²) in [5, 5.41) is 37.6. The number of phenolic OH excluding ortho intramolecular Hbond substituents is 1. The minimum Gasteiger partial charge on any atom is -0.508 e. The van der Waals surface area contributed by atoms with Gasteiger partial charge in [0.25, 0.3) is 0 Å². The number of phenols is 1. The smallest absolute Gasteiger partial charge is 0.416 e. The fourth-order valence-corrected chi connectivity index (χ4v) is 4.32. The van der Waals surface area contributed by atoms with Gasteiger partial charge in [0.2, 0.25) is 0 Å². The monoisotopic (exact) mass is 496 g/mol. The fraction of sp³-hybridized carbons (Fsp3) is 0.316. The van der Waals surface area contributed by atoms with Crippen LogP contribution in [-0.4, -0.2) is 49.1 Å². The molecule has 168 valence electrons. The highest BCUT2D eigenvalue weighted by molar-refractivity contribution is 7.82. The van der Waals surface area contributed by atoms with Crippen LogP contribution in [0.4, 0.5) is 13.2 Å². The van der Waals surface area contributed by atoms with E-state index in [0.29, 0.717) is 16.1 Å². The van der Waals surface area contributed by atoms with E-state index >= 15 is 0 Å². The second kappa shape index (κ2) is 10.2. The van der Waals surface area contributed by atoms with Crippen molar-refractivity contribution >= 4 is 34.2 Å². The zero-order chi connectivity index (χ0) is 23.4. The molecule has 3 rings (SSSR count). The number of halogens is 5. The number of nitriles is 1. The molecule has 12 heteroatoms. The average Bonchev–Trinajstić information content (AvgIpc) is 3.12. The summed E-state index contributed by atoms with van der Waals surface area (Å²) in [6.45, 7) is -0.379. The molecule has 3 N–H and O–H groups in total. The molecule has 1 aliphatic heterocycles. The van der Waals surface area contributed by atoms with Gasteiger partial charge in [-0.2, -0.15) is 18.4 Å². The Morgan fingerprint density at radius 3 is 2.35 bits per heavy atom. The Morgan fingerprint density at radius 1 is 1.19 bits per heavy atom. The zero-order valence-corrected chi connectivity index (χ0v) is 18.1. The molecule has 31 heavy (non-hydrogen) atoms. The van der Waals surface area contributed by atoms with Crippen LogP contribution in [0.3, 0.4) is 0 Å². The zero-order valence-electron chi connectivity index (χ0n) is 15.7. The Kier molecular flexibility index (Phi) is 8.33. The number of benzene rings is 2. The van der Waals surface area contributed by atoms with Crippen molar-refractivity contribution in [3.05, 3.63) is 57.6 Å². The van der Waals surface area contributed by atoms with Crippen LogP contribution in [0.5, 0.6) is 5.75 Å². The molecule has 2 atom stereocenters. The molecule has 1 saturated heterocycles. The number of aromatic hydroxyl groups is 1. The van der Waals surface area contributed by atoms with E-state index < -0.39 is 34.9 Å². The summed E-state index contributed by atoms with van der Waals surface area (Å²) >= 11 is 11.1. The van der Waals surface area contributed by atoms with Crippen molar-refractivity contribution in [2.24, 2.45) is 0 Å². The van der Waals surface area contributed by atoms with Gasteiger partial charge < -0.3 is 15.3 Å². The van der Waals surface area contributed by atoms with Gasteiger partial charge in [0.1, 0.15) is 28.4 Å². The Bertz CT molecular complexity index is 1020. The number of hydrogen-bond acceptors (Lipinski definition) is 5. The summed E-state index contributed by atoms with van der Waals surface area (Å²) in [7, 11) is -1.88. The van der Waals surface area contributed by atoms with Gasteiger partial charge in [-0.15, -0.1) is 0 Å². The minimum atomic E-state index is -4.59. The highest BCUT2D eigenvalue weighted by atomic mass is 35.5. The lowest BCUT2D eigenvalue weighted by molar-refractivity contribution is -0.137. The molecule has 1 aliphatic rings. The molecule has 6 nitrogen and oxygen atoms in total. The third kappa shape index (κ3) is 6.55. The Morgan fingerprint density at radius 2 is 1.87 bits per heavy atom. The Balaban J connectivity index is 0.000000316. The SMILES string of the molecule is N#Cc1cc(C(F)(F)F)ccc1S(=O)N1CCC(O)(CO)C1.Oc1ccc(Cl)c(Cl)c1. The second-order valence-corrected chi connectivity index (χ2v) is 8.93. The van der Waals surface area contributed by atoms with Crippen molar-refractivity contribution in [3.63, 3.8) is 0 Å². The number of β-amino-alcohol motifs (C(OH)–C–C–N with tert-alkyl or cyclic N) is 1. The number of rotatable bonds is 3. The summed E-state index contributed by atoms with van der Waals surface area (Å²) in [4.78, 5) is -0.0438. The van der Waals surface area contributed by atoms with Crippen LogP contribution < -0.4 is 0 Å². The van der Waals surface area contributed by atoms with Gasteiger partial charge in [0.15, 0.2) is 0 Å². The summed E-state index contributed by atoms with van der Waals surface area (Å²) in [6, 6.07) is 8.46. The fourth-order valence-electron chi connectivity index (χ4n) is 2.66. The van der Waals surface area contributed by atoms with E-state index in [0.717, 1.165) is 12.1 Å². The van der Waals surface area contributed by atoms with Crippen molar-refractivity contribution in [2.75, 3.05) is 19.7 Å². The molecule has 1 fully saturated rings. The van der Waals surface area contributed by atoms with Gasteiger partial charge in [0.05, 0.1) is 32.7 Å². The largest absolute Gasteiger partial charge is 0.508 e. The van der Waals surface area contributed by atoms with Crippen molar-refractivity contribution in [2.45, 2.75) is 23.1 Å². The summed E-state index contributed by atoms with van der Waals surface area (Å²) in [5.41, 5.74) is -2.69. The summed E-state index contributed by atoms with van der Waals surface area (Å²) < 4.78 is 51.6. The number of nitrogens with zero attached hydrogens (tertiary/aromatic N) is 2. The van der Waals surface area contributed by atoms with Crippen LogP contribution in [0.1, 0.15) is 17.5 Å². The first kappa shape index (κ1) is 25.4. The molecule has 1 heterocycles. The maximum Gasteiger partial charge on any atom is 0.416 e. The van der Waals surface area contributed by atoms with Gasteiger partial charge in [-0.05, 0) is 42.8 Å². The summed E-state index contributed by atoms with van der Waals surface area (Å²) in [5.74, 6) is 0.129. The highest BCUT2D eigenvalue weighted by Crippen LogP contribution is 2.32. The van der Waals surface area contributed by atoms with Gasteiger partial charge in [0, 0.05) is 13.1 Å². The molecular formula is C19H17Cl2F3N2O4S. The predicted molar refractivity (Wildman–Crippen MR) is 109 cm³/mol. The molecule has 2 aromatic rings. The molecule has 0 spiro atoms. The number of aliphatic hydroxyl groups excluding tert-OH is 1. The predicted octanol–water partition coefficient (Wildman–Crippen LogP) is 3.73. The van der Waals surface area contributed by atoms with Gasteiger partial charge in [-0.1, -0.05) is 23.2 Å². The van der Waals surface area contributed by atoms with Crippen molar-refractivity contribution in [3.8, 4) is 11.8 Å². The maximum atomic E-state index is 12.6. The molecule has 0 amide bonds. The van der Waals surface area contributed by atoms with Crippen molar-refractivity contribution in [1.82, 2.24) is 4.31 Å². The first-order valence-corrected chi connectivity index (χ1v) is 10.5. The molecular weight excluding hydrogens is 480 g/mol. The van der Waals surface area contributed by atoms with Gasteiger partial charge >= 0.3 is 6.18 Å². The lowest BCUT2D eigenvalue weighted by atomic mass is 10.1. The van der Waals surface area contributed by atoms with Crippen LogP contribution in [0, 0.1) is 11.3 Å². The van der Waals surface area contributed by atoms with Crippen molar-refractivity contribution < 1.29 is 32.7 Å². The number of alkyl halides is 3. The van der Waals surface area contributed by atoms with Crippen LogP contribution in [-0.2, 0) is 17.2 Å². The van der Waals surface area contributed by atoms with E-state index in [1.165, 1.54) is 16.4 Å². The first-order valence-electron chi connectivity index (χ1n) is 8.65. The minimum absolute atomic E-state index is 0.0438. The van der Waals surface area contributed by atoms with E-state index in [9.17, 15) is 22.5 Å².